The highest BCUT2D eigenvalue weighted by Gasteiger charge is 2.24. The molecule has 1 aromatic heterocycles. The van der Waals surface area contributed by atoms with Gasteiger partial charge in [0.2, 0.25) is 0 Å². The average molecular weight is 286 g/mol. The van der Waals surface area contributed by atoms with E-state index in [9.17, 15) is 0 Å². The lowest BCUT2D eigenvalue weighted by Crippen LogP contribution is -2.22. The smallest absolute Gasteiger partial charge is 0.140 e. The van der Waals surface area contributed by atoms with Gasteiger partial charge < -0.3 is 5.32 Å². The van der Waals surface area contributed by atoms with Crippen molar-refractivity contribution in [3.63, 3.8) is 0 Å². The molecular formula is C15H18N4S. The molecule has 4 nitrogen and oxygen atoms in total. The van der Waals surface area contributed by atoms with Crippen molar-refractivity contribution < 1.29 is 0 Å². The Morgan fingerprint density at radius 3 is 3.05 bits per heavy atom. The zero-order chi connectivity index (χ0) is 13.4. The van der Waals surface area contributed by atoms with Gasteiger partial charge in [-0.1, -0.05) is 18.2 Å². The molecule has 0 amide bonds. The standard InChI is InChI=1S/C15H18N4S/c1-2-4-14-11(3-1)7-13(20-14)9-19-15(17-10-18-19)8-16-12-5-6-12/h1-4,10,12-13,16H,5-9H2. The fraction of sp³-hybridized carbons (Fsp3) is 0.467. The summed E-state index contributed by atoms with van der Waals surface area (Å²) < 4.78 is 2.07. The van der Waals surface area contributed by atoms with Crippen LogP contribution in [0.1, 0.15) is 24.2 Å². The molecule has 4 rings (SSSR count). The average Bonchev–Trinajstić information content (AvgIpc) is 3.04. The molecule has 0 saturated heterocycles. The molecule has 2 aromatic rings. The molecule has 2 aliphatic rings. The van der Waals surface area contributed by atoms with Gasteiger partial charge in [0.05, 0.1) is 13.1 Å². The molecule has 1 aliphatic carbocycles. The van der Waals surface area contributed by atoms with E-state index >= 15 is 0 Å². The lowest BCUT2D eigenvalue weighted by atomic mass is 10.1. The highest BCUT2D eigenvalue weighted by Crippen LogP contribution is 2.37. The van der Waals surface area contributed by atoms with Gasteiger partial charge in [0.15, 0.2) is 0 Å². The molecule has 1 saturated carbocycles. The van der Waals surface area contributed by atoms with Crippen LogP contribution in [0.4, 0.5) is 0 Å². The second-order valence-corrected chi connectivity index (χ2v) is 6.91. The number of aromatic nitrogens is 3. The fourth-order valence-electron chi connectivity index (χ4n) is 2.65. The molecule has 1 atom stereocenters. The maximum absolute atomic E-state index is 4.39. The van der Waals surface area contributed by atoms with Crippen LogP contribution in [0.5, 0.6) is 0 Å². The Labute approximate surface area is 123 Å². The van der Waals surface area contributed by atoms with Gasteiger partial charge in [0.1, 0.15) is 12.2 Å². The van der Waals surface area contributed by atoms with E-state index in [0.29, 0.717) is 11.3 Å². The van der Waals surface area contributed by atoms with Gasteiger partial charge >= 0.3 is 0 Å². The number of fused-ring (bicyclic) bond motifs is 1. The van der Waals surface area contributed by atoms with Gasteiger partial charge in [-0.15, -0.1) is 11.8 Å². The van der Waals surface area contributed by atoms with E-state index in [1.807, 2.05) is 11.8 Å². The molecule has 0 bridgehead atoms. The molecule has 1 unspecified atom stereocenters. The van der Waals surface area contributed by atoms with Crippen LogP contribution in [0.25, 0.3) is 0 Å². The second-order valence-electron chi connectivity index (χ2n) is 5.57. The first kappa shape index (κ1) is 12.4. The summed E-state index contributed by atoms with van der Waals surface area (Å²) in [5.41, 5.74) is 1.47. The van der Waals surface area contributed by atoms with Crippen LogP contribution in [-0.4, -0.2) is 26.1 Å². The number of rotatable bonds is 5. The first-order valence-electron chi connectivity index (χ1n) is 7.23. The van der Waals surface area contributed by atoms with Crippen molar-refractivity contribution in [3.8, 4) is 0 Å². The number of hydrogen-bond donors (Lipinski definition) is 1. The molecule has 1 aromatic carbocycles. The van der Waals surface area contributed by atoms with E-state index < -0.39 is 0 Å². The number of nitrogens with one attached hydrogen (secondary N) is 1. The van der Waals surface area contributed by atoms with Crippen LogP contribution in [0.15, 0.2) is 35.5 Å². The van der Waals surface area contributed by atoms with E-state index in [-0.39, 0.29) is 0 Å². The summed E-state index contributed by atoms with van der Waals surface area (Å²) in [5.74, 6) is 1.06. The molecule has 1 fully saturated rings. The van der Waals surface area contributed by atoms with Crippen molar-refractivity contribution in [1.82, 2.24) is 20.1 Å². The summed E-state index contributed by atoms with van der Waals surface area (Å²) in [7, 11) is 0. The first-order chi connectivity index (χ1) is 9.88. The van der Waals surface area contributed by atoms with Crippen molar-refractivity contribution in [2.45, 2.75) is 48.5 Å². The van der Waals surface area contributed by atoms with Crippen LogP contribution in [0.3, 0.4) is 0 Å². The van der Waals surface area contributed by atoms with Crippen molar-refractivity contribution in [2.75, 3.05) is 0 Å². The largest absolute Gasteiger partial charge is 0.307 e. The predicted octanol–water partition coefficient (Wildman–Crippen LogP) is 2.25. The van der Waals surface area contributed by atoms with Crippen LogP contribution >= 0.6 is 11.8 Å². The van der Waals surface area contributed by atoms with Gasteiger partial charge in [-0.25, -0.2) is 9.67 Å². The molecular weight excluding hydrogens is 268 g/mol. The quantitative estimate of drug-likeness (QED) is 0.915. The third-order valence-electron chi connectivity index (χ3n) is 3.91. The molecule has 5 heteroatoms. The van der Waals surface area contributed by atoms with Crippen molar-refractivity contribution in [2.24, 2.45) is 0 Å². The Morgan fingerprint density at radius 1 is 1.30 bits per heavy atom. The molecule has 1 aliphatic heterocycles. The van der Waals surface area contributed by atoms with Crippen molar-refractivity contribution >= 4 is 11.8 Å². The highest BCUT2D eigenvalue weighted by molar-refractivity contribution is 8.00. The minimum absolute atomic E-state index is 0.578. The predicted molar refractivity (Wildman–Crippen MR) is 79.7 cm³/mol. The Kier molecular flexibility index (Phi) is 3.24. The number of nitrogens with zero attached hydrogens (tertiary/aromatic N) is 3. The van der Waals surface area contributed by atoms with E-state index in [1.165, 1.54) is 23.3 Å². The molecule has 104 valence electrons. The monoisotopic (exact) mass is 286 g/mol. The van der Waals surface area contributed by atoms with Gasteiger partial charge in [-0.3, -0.25) is 0 Å². The normalized spacial score (nSPS) is 21.1. The summed E-state index contributed by atoms with van der Waals surface area (Å²) >= 11 is 1.97. The van der Waals surface area contributed by atoms with Gasteiger partial charge in [0.25, 0.3) is 0 Å². The van der Waals surface area contributed by atoms with Crippen LogP contribution in [0, 0.1) is 0 Å². The Balaban J connectivity index is 1.41. The van der Waals surface area contributed by atoms with Crippen molar-refractivity contribution in [3.05, 3.63) is 42.0 Å². The third-order valence-corrected chi connectivity index (χ3v) is 5.21. The second kappa shape index (κ2) is 5.22. The van der Waals surface area contributed by atoms with Gasteiger partial charge in [-0.05, 0) is 30.9 Å². The maximum atomic E-state index is 4.39. The van der Waals surface area contributed by atoms with Crippen LogP contribution < -0.4 is 5.32 Å². The van der Waals surface area contributed by atoms with E-state index in [2.05, 4.69) is 44.3 Å². The van der Waals surface area contributed by atoms with Gasteiger partial charge in [0, 0.05) is 16.2 Å². The van der Waals surface area contributed by atoms with Crippen LogP contribution in [0.2, 0.25) is 0 Å². The minimum Gasteiger partial charge on any atom is -0.307 e. The zero-order valence-corrected chi connectivity index (χ0v) is 12.1. The molecule has 0 spiro atoms. The summed E-state index contributed by atoms with van der Waals surface area (Å²) in [4.78, 5) is 5.81. The molecule has 2 heterocycles. The number of benzene rings is 1. The lowest BCUT2D eigenvalue weighted by molar-refractivity contribution is 0.538. The fourth-order valence-corrected chi connectivity index (χ4v) is 3.95. The van der Waals surface area contributed by atoms with Crippen LogP contribution in [-0.2, 0) is 19.5 Å². The summed E-state index contributed by atoms with van der Waals surface area (Å²) in [5, 5.41) is 8.48. The highest BCUT2D eigenvalue weighted by atomic mass is 32.2. The summed E-state index contributed by atoms with van der Waals surface area (Å²) in [6, 6.07) is 9.41. The summed E-state index contributed by atoms with van der Waals surface area (Å²) in [6.07, 6.45) is 5.43. The zero-order valence-electron chi connectivity index (χ0n) is 11.3. The Morgan fingerprint density at radius 2 is 2.20 bits per heavy atom. The number of thioether (sulfide) groups is 1. The van der Waals surface area contributed by atoms with Crippen molar-refractivity contribution in [1.29, 1.82) is 0 Å². The first-order valence-corrected chi connectivity index (χ1v) is 8.11. The van der Waals surface area contributed by atoms with Gasteiger partial charge in [-0.2, -0.15) is 5.10 Å². The lowest BCUT2D eigenvalue weighted by Gasteiger charge is -2.11. The molecule has 1 N–H and O–H groups in total. The van der Waals surface area contributed by atoms with E-state index in [0.717, 1.165) is 25.3 Å². The van der Waals surface area contributed by atoms with E-state index in [1.54, 1.807) is 6.33 Å². The van der Waals surface area contributed by atoms with E-state index in [4.69, 9.17) is 0 Å². The number of hydrogen-bond acceptors (Lipinski definition) is 4. The third kappa shape index (κ3) is 2.60. The molecule has 20 heavy (non-hydrogen) atoms. The maximum Gasteiger partial charge on any atom is 0.140 e. The summed E-state index contributed by atoms with van der Waals surface area (Å²) in [6.45, 7) is 1.79. The molecule has 0 radical (unpaired) electrons. The topological polar surface area (TPSA) is 42.7 Å². The minimum atomic E-state index is 0.578. The Bertz CT molecular complexity index is 580. The Hall–Kier alpha value is -1.33. The SMILES string of the molecule is c1ccc2c(c1)CC(Cn1ncnc1CNC1CC1)S2.